The number of rotatable bonds is 4. The van der Waals surface area contributed by atoms with E-state index in [1.807, 2.05) is 31.2 Å². The topological polar surface area (TPSA) is 109 Å². The summed E-state index contributed by atoms with van der Waals surface area (Å²) in [4.78, 5) is 18.4. The van der Waals surface area contributed by atoms with E-state index < -0.39 is 4.92 Å². The Morgan fingerprint density at radius 1 is 1.21 bits per heavy atom. The minimum atomic E-state index is -0.405. The fourth-order valence-corrected chi connectivity index (χ4v) is 3.25. The number of nitrogens with one attached hydrogen (secondary N) is 1. The lowest BCUT2D eigenvalue weighted by Crippen LogP contribution is -1.94. The number of aryl methyl sites for hydroxylation is 2. The number of imidazole rings is 1. The number of nitro benzene ring substituents is 1. The molecular weight excluding hydrogens is 368 g/mol. The highest BCUT2D eigenvalue weighted by molar-refractivity contribution is 5.89. The van der Waals surface area contributed by atoms with Crippen molar-refractivity contribution < 1.29 is 9.34 Å². The number of furan rings is 1. The first-order chi connectivity index (χ1) is 14.0. The van der Waals surface area contributed by atoms with Crippen LogP contribution in [0.25, 0.3) is 34.0 Å². The van der Waals surface area contributed by atoms with E-state index >= 15 is 0 Å². The number of para-hydroxylation sites is 2. The van der Waals surface area contributed by atoms with Crippen molar-refractivity contribution in [3.63, 3.8) is 0 Å². The van der Waals surface area contributed by atoms with Gasteiger partial charge in [-0.1, -0.05) is 12.1 Å². The zero-order valence-electron chi connectivity index (χ0n) is 15.8. The second-order valence-electron chi connectivity index (χ2n) is 6.69. The van der Waals surface area contributed by atoms with Crippen molar-refractivity contribution in [1.82, 2.24) is 9.97 Å². The van der Waals surface area contributed by atoms with E-state index in [0.29, 0.717) is 34.0 Å². The highest BCUT2D eigenvalue weighted by atomic mass is 16.6. The number of hydrogen-bond acceptors (Lipinski definition) is 5. The fraction of sp³-hybridized carbons (Fsp3) is 0.0909. The molecule has 2 aromatic heterocycles. The van der Waals surface area contributed by atoms with Crippen molar-refractivity contribution >= 4 is 28.4 Å². The third kappa shape index (κ3) is 3.39. The number of nitrogens with zero attached hydrogens (tertiary/aromatic N) is 3. The Kier molecular flexibility index (Phi) is 4.45. The van der Waals surface area contributed by atoms with Crippen molar-refractivity contribution in [1.29, 1.82) is 5.26 Å². The van der Waals surface area contributed by atoms with Crippen LogP contribution in [0.4, 0.5) is 5.69 Å². The van der Waals surface area contributed by atoms with Gasteiger partial charge in [0.05, 0.1) is 21.5 Å². The summed E-state index contributed by atoms with van der Waals surface area (Å²) in [6.07, 6.45) is 1.60. The Balaban J connectivity index is 1.73. The van der Waals surface area contributed by atoms with E-state index in [9.17, 15) is 15.4 Å². The lowest BCUT2D eigenvalue weighted by Gasteiger charge is -2.05. The Hall–Kier alpha value is -4.18. The van der Waals surface area contributed by atoms with Gasteiger partial charge in [0.1, 0.15) is 23.4 Å². The molecule has 29 heavy (non-hydrogen) atoms. The maximum absolute atomic E-state index is 11.3. The van der Waals surface area contributed by atoms with Crippen LogP contribution in [-0.4, -0.2) is 14.9 Å². The minimum absolute atomic E-state index is 0.0408. The quantitative estimate of drug-likeness (QED) is 0.287. The minimum Gasteiger partial charge on any atom is -0.457 e. The molecule has 2 heterocycles. The molecule has 0 aliphatic rings. The predicted octanol–water partition coefficient (Wildman–Crippen LogP) is 5.41. The molecule has 0 spiro atoms. The van der Waals surface area contributed by atoms with Gasteiger partial charge >= 0.3 is 0 Å². The van der Waals surface area contributed by atoms with Gasteiger partial charge in [0.2, 0.25) is 0 Å². The highest BCUT2D eigenvalue weighted by Gasteiger charge is 2.17. The summed E-state index contributed by atoms with van der Waals surface area (Å²) in [5.74, 6) is 1.41. The van der Waals surface area contributed by atoms with Crippen LogP contribution < -0.4 is 0 Å². The summed E-state index contributed by atoms with van der Waals surface area (Å²) in [7, 11) is 0. The SMILES string of the molecule is Cc1cc(C)c([N+](=O)[O-])cc1-c1ccc(C=C(C#N)c2nc3ccccc3[nH]2)o1. The van der Waals surface area contributed by atoms with E-state index in [2.05, 4.69) is 16.0 Å². The lowest BCUT2D eigenvalue weighted by atomic mass is 10.0. The Bertz CT molecular complexity index is 1290. The van der Waals surface area contributed by atoms with Crippen LogP contribution >= 0.6 is 0 Å². The first-order valence-electron chi connectivity index (χ1n) is 8.89. The van der Waals surface area contributed by atoms with Crippen molar-refractivity contribution in [2.45, 2.75) is 13.8 Å². The molecule has 142 valence electrons. The Morgan fingerprint density at radius 3 is 2.72 bits per heavy atom. The van der Waals surface area contributed by atoms with Gasteiger partial charge in [0.25, 0.3) is 5.69 Å². The Morgan fingerprint density at radius 2 is 2.00 bits per heavy atom. The predicted molar refractivity (Wildman–Crippen MR) is 110 cm³/mol. The molecule has 0 radical (unpaired) electrons. The monoisotopic (exact) mass is 384 g/mol. The maximum atomic E-state index is 11.3. The molecule has 1 N–H and O–H groups in total. The van der Waals surface area contributed by atoms with Gasteiger partial charge in [-0.25, -0.2) is 4.98 Å². The van der Waals surface area contributed by atoms with E-state index in [-0.39, 0.29) is 5.69 Å². The van der Waals surface area contributed by atoms with Gasteiger partial charge in [0, 0.05) is 23.3 Å². The van der Waals surface area contributed by atoms with Crippen molar-refractivity contribution in [2.75, 3.05) is 0 Å². The molecule has 0 unspecified atom stereocenters. The number of hydrogen-bond donors (Lipinski definition) is 1. The fourth-order valence-electron chi connectivity index (χ4n) is 3.25. The van der Waals surface area contributed by atoms with Crippen molar-refractivity contribution in [3.8, 4) is 17.4 Å². The van der Waals surface area contributed by atoms with Gasteiger partial charge in [-0.15, -0.1) is 0 Å². The number of nitro groups is 1. The van der Waals surface area contributed by atoms with Crippen molar-refractivity contribution in [2.24, 2.45) is 0 Å². The molecule has 4 aromatic rings. The van der Waals surface area contributed by atoms with Crippen LogP contribution in [0.5, 0.6) is 0 Å². The molecular formula is C22H16N4O3. The van der Waals surface area contributed by atoms with Crippen LogP contribution in [0.3, 0.4) is 0 Å². The zero-order chi connectivity index (χ0) is 20.5. The standard InChI is InChI=1S/C22H16N4O3/c1-13-9-14(2)20(26(27)28)11-17(13)21-8-7-16(29-21)10-15(12-23)22-24-18-5-3-4-6-19(18)25-22/h3-11H,1-2H3,(H,24,25). The van der Waals surface area contributed by atoms with Crippen LogP contribution in [0.15, 0.2) is 52.9 Å². The summed E-state index contributed by atoms with van der Waals surface area (Å²) in [6.45, 7) is 3.58. The average Bonchev–Trinajstić information content (AvgIpc) is 3.32. The molecule has 0 saturated heterocycles. The van der Waals surface area contributed by atoms with Gasteiger partial charge < -0.3 is 9.40 Å². The number of allylic oxidation sites excluding steroid dienone is 1. The molecule has 0 atom stereocenters. The normalized spacial score (nSPS) is 11.6. The van der Waals surface area contributed by atoms with Gasteiger partial charge in [0.15, 0.2) is 0 Å². The second-order valence-corrected chi connectivity index (χ2v) is 6.69. The number of nitriles is 1. The third-order valence-corrected chi connectivity index (χ3v) is 4.68. The zero-order valence-corrected chi connectivity index (χ0v) is 15.8. The van der Waals surface area contributed by atoms with Crippen LogP contribution in [0, 0.1) is 35.3 Å². The maximum Gasteiger partial charge on any atom is 0.273 e. The second kappa shape index (κ2) is 7.09. The van der Waals surface area contributed by atoms with Crippen LogP contribution in [0.1, 0.15) is 22.7 Å². The molecule has 7 heteroatoms. The molecule has 4 rings (SSSR count). The summed E-state index contributed by atoms with van der Waals surface area (Å²) in [6, 6.07) is 16.4. The largest absolute Gasteiger partial charge is 0.457 e. The van der Waals surface area contributed by atoms with Gasteiger partial charge in [-0.3, -0.25) is 10.1 Å². The number of aromatic amines is 1. The summed E-state index contributed by atoms with van der Waals surface area (Å²) in [5.41, 5.74) is 4.09. The van der Waals surface area contributed by atoms with Crippen molar-refractivity contribution in [3.05, 3.63) is 81.4 Å². The van der Waals surface area contributed by atoms with E-state index in [1.165, 1.54) is 6.07 Å². The summed E-state index contributed by atoms with van der Waals surface area (Å²) >= 11 is 0. The molecule has 2 aromatic carbocycles. The first-order valence-corrected chi connectivity index (χ1v) is 8.89. The molecule has 0 bridgehead atoms. The first kappa shape index (κ1) is 18.2. The van der Waals surface area contributed by atoms with E-state index in [0.717, 1.165) is 16.6 Å². The number of fused-ring (bicyclic) bond motifs is 1. The lowest BCUT2D eigenvalue weighted by molar-refractivity contribution is -0.385. The molecule has 7 nitrogen and oxygen atoms in total. The molecule has 0 aliphatic heterocycles. The summed E-state index contributed by atoms with van der Waals surface area (Å²) in [5, 5.41) is 20.8. The Labute approximate surface area is 166 Å². The van der Waals surface area contributed by atoms with Crippen LogP contribution in [-0.2, 0) is 0 Å². The highest BCUT2D eigenvalue weighted by Crippen LogP contribution is 2.32. The number of aromatic nitrogens is 2. The smallest absolute Gasteiger partial charge is 0.273 e. The van der Waals surface area contributed by atoms with Gasteiger partial charge in [-0.2, -0.15) is 5.26 Å². The molecule has 0 saturated carbocycles. The summed E-state index contributed by atoms with van der Waals surface area (Å²) < 4.78 is 5.86. The number of H-pyrrole nitrogens is 1. The molecule has 0 aliphatic carbocycles. The van der Waals surface area contributed by atoms with E-state index in [1.54, 1.807) is 31.2 Å². The van der Waals surface area contributed by atoms with Gasteiger partial charge in [-0.05, 0) is 49.7 Å². The molecule has 0 amide bonds. The number of benzene rings is 2. The molecule has 0 fully saturated rings. The van der Waals surface area contributed by atoms with Crippen LogP contribution in [0.2, 0.25) is 0 Å². The van der Waals surface area contributed by atoms with E-state index in [4.69, 9.17) is 4.42 Å². The third-order valence-electron chi connectivity index (χ3n) is 4.68. The average molecular weight is 384 g/mol.